The zero-order chi connectivity index (χ0) is 14.9. The largest absolute Gasteiger partial charge is 0.487 e. The van der Waals surface area contributed by atoms with Crippen LogP contribution in [0.15, 0.2) is 48.5 Å². The highest BCUT2D eigenvalue weighted by atomic mass is 16.5. The van der Waals surface area contributed by atoms with Crippen LogP contribution in [0.3, 0.4) is 0 Å². The second-order valence-corrected chi connectivity index (χ2v) is 6.30. The van der Waals surface area contributed by atoms with Crippen LogP contribution in [0.5, 0.6) is 5.75 Å². The van der Waals surface area contributed by atoms with Gasteiger partial charge in [-0.15, -0.1) is 0 Å². The molecule has 0 spiro atoms. The van der Waals surface area contributed by atoms with Crippen molar-refractivity contribution in [2.45, 2.75) is 44.8 Å². The molecule has 0 radical (unpaired) electrons. The van der Waals surface area contributed by atoms with Gasteiger partial charge in [0.2, 0.25) is 0 Å². The first-order chi connectivity index (χ1) is 10.1. The zero-order valence-electron chi connectivity index (χ0n) is 12.7. The maximum Gasteiger partial charge on any atom is 0.125 e. The van der Waals surface area contributed by atoms with Crippen molar-refractivity contribution in [3.63, 3.8) is 0 Å². The van der Waals surface area contributed by atoms with Gasteiger partial charge in [0.25, 0.3) is 0 Å². The molecule has 1 heterocycles. The molecule has 2 aromatic carbocycles. The van der Waals surface area contributed by atoms with Gasteiger partial charge in [0.05, 0.1) is 6.10 Å². The van der Waals surface area contributed by atoms with E-state index < -0.39 is 6.10 Å². The lowest BCUT2D eigenvalue weighted by Crippen LogP contribution is -2.38. The number of hydrogen-bond donors (Lipinski definition) is 1. The van der Waals surface area contributed by atoms with Crippen molar-refractivity contribution >= 4 is 0 Å². The normalized spacial score (nSPS) is 24.2. The standard InChI is InChI=1S/C19H22O2/c1-14-8-9-18-16(12-14)17(20)13-19(2,21-18)11-10-15-6-4-3-5-7-15/h3-9,12,17,20H,10-11,13H2,1-2H3. The maximum atomic E-state index is 10.4. The lowest BCUT2D eigenvalue weighted by Gasteiger charge is -2.38. The summed E-state index contributed by atoms with van der Waals surface area (Å²) in [5, 5.41) is 10.4. The molecule has 2 atom stereocenters. The molecule has 0 aliphatic carbocycles. The van der Waals surface area contributed by atoms with Crippen LogP contribution < -0.4 is 4.74 Å². The molecule has 1 N–H and O–H groups in total. The Balaban J connectivity index is 1.76. The number of benzene rings is 2. The van der Waals surface area contributed by atoms with Gasteiger partial charge in [0.15, 0.2) is 0 Å². The minimum atomic E-state index is -0.436. The van der Waals surface area contributed by atoms with Crippen LogP contribution >= 0.6 is 0 Å². The topological polar surface area (TPSA) is 29.5 Å². The number of ether oxygens (including phenoxy) is 1. The quantitative estimate of drug-likeness (QED) is 0.914. The van der Waals surface area contributed by atoms with Crippen molar-refractivity contribution < 1.29 is 9.84 Å². The maximum absolute atomic E-state index is 10.4. The van der Waals surface area contributed by atoms with E-state index in [2.05, 4.69) is 31.2 Å². The third kappa shape index (κ3) is 3.11. The summed E-state index contributed by atoms with van der Waals surface area (Å²) >= 11 is 0. The molecular formula is C19H22O2. The van der Waals surface area contributed by atoms with E-state index in [4.69, 9.17) is 4.74 Å². The summed E-state index contributed by atoms with van der Waals surface area (Å²) in [7, 11) is 0. The van der Waals surface area contributed by atoms with Gasteiger partial charge in [-0.3, -0.25) is 0 Å². The molecule has 2 unspecified atom stereocenters. The van der Waals surface area contributed by atoms with Gasteiger partial charge >= 0.3 is 0 Å². The summed E-state index contributed by atoms with van der Waals surface area (Å²) < 4.78 is 6.21. The van der Waals surface area contributed by atoms with E-state index in [-0.39, 0.29) is 5.60 Å². The molecule has 110 valence electrons. The Kier molecular flexibility index (Phi) is 3.73. The summed E-state index contributed by atoms with van der Waals surface area (Å²) in [6.07, 6.45) is 2.08. The Bertz CT molecular complexity index is 621. The van der Waals surface area contributed by atoms with E-state index in [9.17, 15) is 5.11 Å². The molecule has 2 aromatic rings. The summed E-state index contributed by atoms with van der Waals surface area (Å²) in [5.41, 5.74) is 3.08. The fourth-order valence-electron chi connectivity index (χ4n) is 3.05. The molecule has 1 aliphatic heterocycles. The first-order valence-corrected chi connectivity index (χ1v) is 7.57. The molecule has 2 heteroatoms. The Morgan fingerprint density at radius 1 is 1.19 bits per heavy atom. The number of rotatable bonds is 3. The fraction of sp³-hybridized carbons (Fsp3) is 0.368. The van der Waals surface area contributed by atoms with Crippen molar-refractivity contribution in [3.05, 3.63) is 65.2 Å². The number of aliphatic hydroxyl groups excluding tert-OH is 1. The average Bonchev–Trinajstić information content (AvgIpc) is 2.47. The predicted molar refractivity (Wildman–Crippen MR) is 84.6 cm³/mol. The van der Waals surface area contributed by atoms with Gasteiger partial charge in [-0.2, -0.15) is 0 Å². The van der Waals surface area contributed by atoms with Crippen LogP contribution in [-0.4, -0.2) is 10.7 Å². The molecule has 0 fully saturated rings. The van der Waals surface area contributed by atoms with Gasteiger partial charge in [0, 0.05) is 12.0 Å². The molecule has 0 bridgehead atoms. The van der Waals surface area contributed by atoms with Crippen LogP contribution in [0.1, 0.15) is 42.6 Å². The highest BCUT2D eigenvalue weighted by Gasteiger charge is 2.36. The first kappa shape index (κ1) is 14.2. The van der Waals surface area contributed by atoms with Crippen molar-refractivity contribution in [2.24, 2.45) is 0 Å². The molecule has 0 saturated heterocycles. The molecule has 3 rings (SSSR count). The molecule has 2 nitrogen and oxygen atoms in total. The third-order valence-electron chi connectivity index (χ3n) is 4.29. The van der Waals surface area contributed by atoms with Crippen molar-refractivity contribution in [1.29, 1.82) is 0 Å². The third-order valence-corrected chi connectivity index (χ3v) is 4.29. The van der Waals surface area contributed by atoms with Gasteiger partial charge in [0.1, 0.15) is 11.4 Å². The van der Waals surface area contributed by atoms with Gasteiger partial charge < -0.3 is 9.84 Å². The second kappa shape index (κ2) is 5.53. The van der Waals surface area contributed by atoms with E-state index in [0.29, 0.717) is 6.42 Å². The molecule has 0 saturated carbocycles. The van der Waals surface area contributed by atoms with E-state index in [1.807, 2.05) is 31.2 Å². The lowest BCUT2D eigenvalue weighted by atomic mass is 9.85. The van der Waals surface area contributed by atoms with Crippen molar-refractivity contribution in [3.8, 4) is 5.75 Å². The molecule has 1 aliphatic rings. The van der Waals surface area contributed by atoms with Gasteiger partial charge in [-0.25, -0.2) is 0 Å². The van der Waals surface area contributed by atoms with Crippen LogP contribution in [0.2, 0.25) is 0 Å². The number of fused-ring (bicyclic) bond motifs is 1. The SMILES string of the molecule is Cc1ccc2c(c1)C(O)CC(C)(CCc1ccccc1)O2. The van der Waals surface area contributed by atoms with Crippen LogP contribution in [-0.2, 0) is 6.42 Å². The van der Waals surface area contributed by atoms with Gasteiger partial charge in [-0.1, -0.05) is 42.0 Å². The van der Waals surface area contributed by atoms with Crippen LogP contribution in [0.4, 0.5) is 0 Å². The Hall–Kier alpha value is -1.80. The monoisotopic (exact) mass is 282 g/mol. The van der Waals surface area contributed by atoms with Crippen LogP contribution in [0.25, 0.3) is 0 Å². The van der Waals surface area contributed by atoms with Crippen LogP contribution in [0, 0.1) is 6.92 Å². The molecular weight excluding hydrogens is 260 g/mol. The zero-order valence-corrected chi connectivity index (χ0v) is 12.7. The summed E-state index contributed by atoms with van der Waals surface area (Å²) in [6.45, 7) is 4.14. The average molecular weight is 282 g/mol. The Morgan fingerprint density at radius 3 is 2.71 bits per heavy atom. The highest BCUT2D eigenvalue weighted by Crippen LogP contribution is 2.41. The summed E-state index contributed by atoms with van der Waals surface area (Å²) in [6, 6.07) is 16.5. The van der Waals surface area contributed by atoms with E-state index in [0.717, 1.165) is 29.7 Å². The minimum absolute atomic E-state index is 0.308. The number of hydrogen-bond acceptors (Lipinski definition) is 2. The van der Waals surface area contributed by atoms with E-state index in [1.165, 1.54) is 5.56 Å². The number of aliphatic hydroxyl groups is 1. The Morgan fingerprint density at radius 2 is 1.95 bits per heavy atom. The van der Waals surface area contributed by atoms with Gasteiger partial charge in [-0.05, 0) is 44.4 Å². The molecule has 21 heavy (non-hydrogen) atoms. The smallest absolute Gasteiger partial charge is 0.125 e. The Labute approximate surface area is 126 Å². The predicted octanol–water partition coefficient (Wildman–Crippen LogP) is 4.20. The second-order valence-electron chi connectivity index (χ2n) is 6.30. The van der Waals surface area contributed by atoms with E-state index in [1.54, 1.807) is 0 Å². The molecule has 0 amide bonds. The highest BCUT2D eigenvalue weighted by molar-refractivity contribution is 5.40. The summed E-state index contributed by atoms with van der Waals surface area (Å²) in [4.78, 5) is 0. The first-order valence-electron chi connectivity index (χ1n) is 7.57. The molecule has 0 aromatic heterocycles. The van der Waals surface area contributed by atoms with Crippen molar-refractivity contribution in [2.75, 3.05) is 0 Å². The van der Waals surface area contributed by atoms with Crippen molar-refractivity contribution in [1.82, 2.24) is 0 Å². The summed E-state index contributed by atoms with van der Waals surface area (Å²) in [5.74, 6) is 0.829. The lowest BCUT2D eigenvalue weighted by molar-refractivity contribution is -0.00675. The minimum Gasteiger partial charge on any atom is -0.487 e. The number of aryl methyl sites for hydroxylation is 2. The fourth-order valence-corrected chi connectivity index (χ4v) is 3.05. The van der Waals surface area contributed by atoms with E-state index >= 15 is 0 Å².